The third-order valence-electron chi connectivity index (χ3n) is 2.39. The summed E-state index contributed by atoms with van der Waals surface area (Å²) in [5, 5.41) is 3.34. The first-order valence-electron chi connectivity index (χ1n) is 5.76. The van der Waals surface area contributed by atoms with Gasteiger partial charge in [-0.05, 0) is 19.8 Å². The molecule has 92 valence electrons. The molecule has 0 aromatic rings. The highest BCUT2D eigenvalue weighted by Gasteiger charge is 2.06. The van der Waals surface area contributed by atoms with Crippen molar-refractivity contribution in [1.82, 2.24) is 10.0 Å². The Kier molecular flexibility index (Phi) is 8.00. The first-order valence-corrected chi connectivity index (χ1v) is 7.41. The topological polar surface area (TPSA) is 58.2 Å². The van der Waals surface area contributed by atoms with Gasteiger partial charge in [0.15, 0.2) is 0 Å². The van der Waals surface area contributed by atoms with E-state index < -0.39 is 10.0 Å². The van der Waals surface area contributed by atoms with E-state index in [-0.39, 0.29) is 5.75 Å². The largest absolute Gasteiger partial charge is 0.313 e. The number of nitrogens with one attached hydrogen (secondary N) is 2. The van der Waals surface area contributed by atoms with Crippen LogP contribution in [0, 0.1) is 0 Å². The van der Waals surface area contributed by atoms with Gasteiger partial charge in [0.25, 0.3) is 0 Å². The van der Waals surface area contributed by atoms with Gasteiger partial charge < -0.3 is 5.32 Å². The van der Waals surface area contributed by atoms with Gasteiger partial charge >= 0.3 is 0 Å². The molecule has 15 heavy (non-hydrogen) atoms. The van der Waals surface area contributed by atoms with Gasteiger partial charge in [-0.15, -0.1) is 0 Å². The van der Waals surface area contributed by atoms with Crippen molar-refractivity contribution < 1.29 is 8.42 Å². The molecule has 0 spiro atoms. The lowest BCUT2D eigenvalue weighted by atomic mass is 10.1. The Balaban J connectivity index is 3.61. The minimum atomic E-state index is -3.03. The van der Waals surface area contributed by atoms with Gasteiger partial charge in [0, 0.05) is 19.1 Å². The zero-order valence-corrected chi connectivity index (χ0v) is 10.9. The fraction of sp³-hybridized carbons (Fsp3) is 1.00. The Morgan fingerprint density at radius 1 is 1.13 bits per heavy atom. The summed E-state index contributed by atoms with van der Waals surface area (Å²) in [6.45, 7) is 7.13. The molecule has 1 atom stereocenters. The van der Waals surface area contributed by atoms with Crippen molar-refractivity contribution in [2.24, 2.45) is 0 Å². The van der Waals surface area contributed by atoms with Gasteiger partial charge in [0.1, 0.15) is 0 Å². The van der Waals surface area contributed by atoms with Crippen LogP contribution >= 0.6 is 0 Å². The minimum Gasteiger partial charge on any atom is -0.313 e. The molecular formula is C10H24N2O2S. The zero-order chi connectivity index (χ0) is 11.7. The van der Waals surface area contributed by atoms with Crippen LogP contribution in [0.2, 0.25) is 0 Å². The molecule has 0 aliphatic rings. The van der Waals surface area contributed by atoms with E-state index in [4.69, 9.17) is 0 Å². The average molecular weight is 236 g/mol. The molecular weight excluding hydrogens is 212 g/mol. The van der Waals surface area contributed by atoms with Gasteiger partial charge in [0.05, 0.1) is 5.75 Å². The molecule has 0 aromatic carbocycles. The number of hydrogen-bond donors (Lipinski definition) is 2. The molecule has 1 unspecified atom stereocenters. The SMILES string of the molecule is CCCC(CC)NCCNS(=O)(=O)CC. The summed E-state index contributed by atoms with van der Waals surface area (Å²) in [6.07, 6.45) is 3.40. The molecule has 0 heterocycles. The molecule has 0 aliphatic heterocycles. The Hall–Kier alpha value is -0.130. The Bertz CT molecular complexity index is 240. The van der Waals surface area contributed by atoms with Crippen LogP contribution in [0.3, 0.4) is 0 Å². The molecule has 0 aromatic heterocycles. The highest BCUT2D eigenvalue weighted by Crippen LogP contribution is 1.99. The van der Waals surface area contributed by atoms with Crippen molar-refractivity contribution in [2.75, 3.05) is 18.8 Å². The molecule has 0 amide bonds. The summed E-state index contributed by atoms with van der Waals surface area (Å²) in [4.78, 5) is 0. The van der Waals surface area contributed by atoms with Gasteiger partial charge in [-0.3, -0.25) is 0 Å². The number of sulfonamides is 1. The third-order valence-corrected chi connectivity index (χ3v) is 3.79. The van der Waals surface area contributed by atoms with Gasteiger partial charge in [0.2, 0.25) is 10.0 Å². The summed E-state index contributed by atoms with van der Waals surface area (Å²) >= 11 is 0. The Labute approximate surface area is 93.9 Å². The van der Waals surface area contributed by atoms with E-state index in [0.29, 0.717) is 19.1 Å². The van der Waals surface area contributed by atoms with Crippen LogP contribution in [0.5, 0.6) is 0 Å². The lowest BCUT2D eigenvalue weighted by molar-refractivity contribution is 0.464. The molecule has 0 bridgehead atoms. The van der Waals surface area contributed by atoms with Crippen LogP contribution in [-0.4, -0.2) is 33.3 Å². The molecule has 4 nitrogen and oxygen atoms in total. The molecule has 0 fully saturated rings. The predicted molar refractivity (Wildman–Crippen MR) is 64.5 cm³/mol. The van der Waals surface area contributed by atoms with E-state index in [1.807, 2.05) is 0 Å². The zero-order valence-electron chi connectivity index (χ0n) is 10.0. The Morgan fingerprint density at radius 3 is 2.27 bits per heavy atom. The van der Waals surface area contributed by atoms with E-state index in [2.05, 4.69) is 23.9 Å². The molecule has 0 rings (SSSR count). The van der Waals surface area contributed by atoms with Crippen LogP contribution in [0.15, 0.2) is 0 Å². The first kappa shape index (κ1) is 14.9. The smallest absolute Gasteiger partial charge is 0.211 e. The van der Waals surface area contributed by atoms with Crippen molar-refractivity contribution in [1.29, 1.82) is 0 Å². The maximum Gasteiger partial charge on any atom is 0.211 e. The normalized spacial score (nSPS) is 14.1. The van der Waals surface area contributed by atoms with Crippen LogP contribution in [0.25, 0.3) is 0 Å². The van der Waals surface area contributed by atoms with Crippen molar-refractivity contribution in [2.45, 2.75) is 46.1 Å². The quantitative estimate of drug-likeness (QED) is 0.589. The van der Waals surface area contributed by atoms with E-state index >= 15 is 0 Å². The van der Waals surface area contributed by atoms with Crippen molar-refractivity contribution in [3.8, 4) is 0 Å². The van der Waals surface area contributed by atoms with Crippen LogP contribution in [0.1, 0.15) is 40.0 Å². The number of hydrogen-bond acceptors (Lipinski definition) is 3. The minimum absolute atomic E-state index is 0.152. The van der Waals surface area contributed by atoms with Crippen molar-refractivity contribution >= 4 is 10.0 Å². The lowest BCUT2D eigenvalue weighted by Crippen LogP contribution is -2.37. The van der Waals surface area contributed by atoms with Gasteiger partial charge in [-0.2, -0.15) is 0 Å². The summed E-state index contributed by atoms with van der Waals surface area (Å²) in [5.74, 6) is 0.152. The highest BCUT2D eigenvalue weighted by molar-refractivity contribution is 7.89. The van der Waals surface area contributed by atoms with E-state index in [1.165, 1.54) is 0 Å². The van der Waals surface area contributed by atoms with Gasteiger partial charge in [-0.1, -0.05) is 20.3 Å². The van der Waals surface area contributed by atoms with E-state index in [1.54, 1.807) is 6.92 Å². The predicted octanol–water partition coefficient (Wildman–Crippen LogP) is 1.09. The maximum atomic E-state index is 11.1. The van der Waals surface area contributed by atoms with Gasteiger partial charge in [-0.25, -0.2) is 13.1 Å². The highest BCUT2D eigenvalue weighted by atomic mass is 32.2. The molecule has 0 radical (unpaired) electrons. The van der Waals surface area contributed by atoms with Crippen LogP contribution in [0.4, 0.5) is 0 Å². The van der Waals surface area contributed by atoms with Crippen LogP contribution < -0.4 is 10.0 Å². The average Bonchev–Trinajstić information content (AvgIpc) is 2.22. The molecule has 0 saturated heterocycles. The molecule has 2 N–H and O–H groups in total. The first-order chi connectivity index (χ1) is 7.05. The van der Waals surface area contributed by atoms with Crippen molar-refractivity contribution in [3.05, 3.63) is 0 Å². The van der Waals surface area contributed by atoms with E-state index in [9.17, 15) is 8.42 Å². The summed E-state index contributed by atoms with van der Waals surface area (Å²) < 4.78 is 24.7. The second-order valence-electron chi connectivity index (χ2n) is 3.65. The standard InChI is InChI=1S/C10H24N2O2S/c1-4-7-10(5-2)11-8-9-12-15(13,14)6-3/h10-12H,4-9H2,1-3H3. The van der Waals surface area contributed by atoms with E-state index in [0.717, 1.165) is 19.3 Å². The van der Waals surface area contributed by atoms with Crippen molar-refractivity contribution in [3.63, 3.8) is 0 Å². The van der Waals surface area contributed by atoms with Crippen LogP contribution in [-0.2, 0) is 10.0 Å². The lowest BCUT2D eigenvalue weighted by Gasteiger charge is -2.15. The fourth-order valence-electron chi connectivity index (χ4n) is 1.38. The molecule has 0 aliphatic carbocycles. The summed E-state index contributed by atoms with van der Waals surface area (Å²) in [5.41, 5.74) is 0. The number of rotatable bonds is 9. The molecule has 0 saturated carbocycles. The second-order valence-corrected chi connectivity index (χ2v) is 5.74. The fourth-order valence-corrected chi connectivity index (χ4v) is 2.00. The summed E-state index contributed by atoms with van der Waals surface area (Å²) in [6, 6.07) is 0.515. The summed E-state index contributed by atoms with van der Waals surface area (Å²) in [7, 11) is -3.03. The third kappa shape index (κ3) is 7.76. The maximum absolute atomic E-state index is 11.1. The monoisotopic (exact) mass is 236 g/mol. The molecule has 5 heteroatoms. The Morgan fingerprint density at radius 2 is 1.80 bits per heavy atom. The second kappa shape index (κ2) is 8.07.